The number of carbonyl (C=O) groups excluding carboxylic acids is 3. The maximum Gasteiger partial charge on any atom is 0.328 e. The van der Waals surface area contributed by atoms with Crippen LogP contribution < -0.4 is 24.3 Å². The van der Waals surface area contributed by atoms with Crippen molar-refractivity contribution < 1.29 is 38.1 Å². The van der Waals surface area contributed by atoms with Crippen LogP contribution in [-0.4, -0.2) is 56.3 Å². The van der Waals surface area contributed by atoms with E-state index in [1.807, 2.05) is 50.2 Å². The number of benzene rings is 2. The second-order valence-electron chi connectivity index (χ2n) is 9.45. The minimum absolute atomic E-state index is 0.143. The zero-order valence-corrected chi connectivity index (χ0v) is 24.6. The highest BCUT2D eigenvalue weighted by atomic mass is 16.6. The summed E-state index contributed by atoms with van der Waals surface area (Å²) in [6.07, 6.45) is 0.689. The molecule has 3 rings (SSSR count). The summed E-state index contributed by atoms with van der Waals surface area (Å²) in [5.41, 5.74) is 3.46. The number of methoxy groups -OCH3 is 3. The number of amides is 1. The fraction of sp³-hybridized carbons (Fsp3) is 0.355. The van der Waals surface area contributed by atoms with Crippen LogP contribution in [0.25, 0.3) is 0 Å². The van der Waals surface area contributed by atoms with E-state index < -0.39 is 30.0 Å². The Labute approximate surface area is 239 Å². The summed E-state index contributed by atoms with van der Waals surface area (Å²) in [5, 5.41) is 2.58. The number of pyridine rings is 1. The molecule has 0 saturated carbocycles. The van der Waals surface area contributed by atoms with Crippen molar-refractivity contribution in [3.8, 4) is 23.0 Å². The normalized spacial score (nSPS) is 12.2. The summed E-state index contributed by atoms with van der Waals surface area (Å²) >= 11 is 0. The molecule has 1 N–H and O–H groups in total. The van der Waals surface area contributed by atoms with Crippen LogP contribution in [-0.2, 0) is 14.3 Å². The number of aromatic nitrogens is 1. The molecule has 2 aromatic carbocycles. The summed E-state index contributed by atoms with van der Waals surface area (Å²) in [4.78, 5) is 42.0. The minimum atomic E-state index is -1.05. The Kier molecular flexibility index (Phi) is 10.3. The number of hydrogen-bond donors (Lipinski definition) is 1. The van der Waals surface area contributed by atoms with E-state index in [-0.39, 0.29) is 23.1 Å². The van der Waals surface area contributed by atoms with Gasteiger partial charge in [0.05, 0.1) is 21.3 Å². The average molecular weight is 565 g/mol. The average Bonchev–Trinajstić information content (AvgIpc) is 2.94. The molecule has 0 aliphatic rings. The summed E-state index contributed by atoms with van der Waals surface area (Å²) in [7, 11) is 4.58. The Morgan fingerprint density at radius 3 is 1.83 bits per heavy atom. The van der Waals surface area contributed by atoms with E-state index in [4.69, 9.17) is 23.7 Å². The van der Waals surface area contributed by atoms with Crippen LogP contribution in [0.1, 0.15) is 59.4 Å². The number of nitrogens with zero attached hydrogens (tertiary/aromatic N) is 1. The van der Waals surface area contributed by atoms with Crippen LogP contribution in [0.5, 0.6) is 23.0 Å². The fourth-order valence-corrected chi connectivity index (χ4v) is 4.72. The highest BCUT2D eigenvalue weighted by Crippen LogP contribution is 2.39. The molecule has 218 valence electrons. The number of rotatable bonds is 11. The van der Waals surface area contributed by atoms with Gasteiger partial charge in [0, 0.05) is 25.1 Å². The molecule has 0 bridgehead atoms. The van der Waals surface area contributed by atoms with Gasteiger partial charge in [-0.2, -0.15) is 0 Å². The maximum absolute atomic E-state index is 13.3. The summed E-state index contributed by atoms with van der Waals surface area (Å²) in [6.45, 7) is 8.41. The second-order valence-corrected chi connectivity index (χ2v) is 9.45. The topological polar surface area (TPSA) is 122 Å². The van der Waals surface area contributed by atoms with Crippen LogP contribution in [0.2, 0.25) is 0 Å². The predicted molar refractivity (Wildman–Crippen MR) is 152 cm³/mol. The summed E-state index contributed by atoms with van der Waals surface area (Å²) in [6, 6.07) is 11.9. The van der Waals surface area contributed by atoms with E-state index in [1.54, 1.807) is 21.1 Å². The van der Waals surface area contributed by atoms with E-state index in [9.17, 15) is 14.4 Å². The number of ether oxygens (including phenoxy) is 5. The van der Waals surface area contributed by atoms with Crippen molar-refractivity contribution in [2.75, 3.05) is 21.3 Å². The molecule has 3 aromatic rings. The molecule has 10 nitrogen and oxygen atoms in total. The van der Waals surface area contributed by atoms with Gasteiger partial charge >= 0.3 is 11.9 Å². The quantitative estimate of drug-likeness (QED) is 0.335. The third kappa shape index (κ3) is 6.95. The molecule has 41 heavy (non-hydrogen) atoms. The molecule has 1 heterocycles. The first-order chi connectivity index (χ1) is 19.5. The lowest BCUT2D eigenvalue weighted by Crippen LogP contribution is -2.42. The molecule has 0 radical (unpaired) electrons. The lowest BCUT2D eigenvalue weighted by Gasteiger charge is -2.29. The van der Waals surface area contributed by atoms with Gasteiger partial charge in [0.25, 0.3) is 5.91 Å². The van der Waals surface area contributed by atoms with E-state index in [0.717, 1.165) is 22.3 Å². The van der Waals surface area contributed by atoms with Crippen LogP contribution in [0, 0.1) is 13.8 Å². The number of esters is 2. The molecule has 2 atom stereocenters. The number of hydrogen-bond acceptors (Lipinski definition) is 9. The van der Waals surface area contributed by atoms with Gasteiger partial charge in [-0.3, -0.25) is 9.59 Å². The lowest BCUT2D eigenvalue weighted by atomic mass is 9.82. The number of nitrogens with one attached hydrogen (secondary N) is 1. The number of carbonyl (C=O) groups is 3. The zero-order chi connectivity index (χ0) is 30.3. The Bertz CT molecular complexity index is 1370. The molecule has 0 aliphatic heterocycles. The SMILES string of the molecule is COc1cccc(C(c2cccc(OC)c2C)C(C)OC(=O)[C@H](C)NC(=O)c2nccc(OC)c2OC(C)=O)c1C. The van der Waals surface area contributed by atoms with Crippen molar-refractivity contribution >= 4 is 17.8 Å². The highest BCUT2D eigenvalue weighted by molar-refractivity contribution is 5.98. The lowest BCUT2D eigenvalue weighted by molar-refractivity contribution is -0.150. The van der Waals surface area contributed by atoms with Crippen molar-refractivity contribution in [3.05, 3.63) is 76.6 Å². The molecule has 0 spiro atoms. The smallest absolute Gasteiger partial charge is 0.328 e. The second kappa shape index (κ2) is 13.6. The van der Waals surface area contributed by atoms with E-state index >= 15 is 0 Å². The first-order valence-corrected chi connectivity index (χ1v) is 13.0. The summed E-state index contributed by atoms with van der Waals surface area (Å²) < 4.78 is 27.4. The molecule has 0 aliphatic carbocycles. The largest absolute Gasteiger partial charge is 0.496 e. The third-order valence-corrected chi connectivity index (χ3v) is 6.78. The van der Waals surface area contributed by atoms with Gasteiger partial charge in [0.2, 0.25) is 5.75 Å². The van der Waals surface area contributed by atoms with Crippen LogP contribution in [0.15, 0.2) is 48.7 Å². The molecule has 1 amide bonds. The van der Waals surface area contributed by atoms with E-state index in [1.165, 1.54) is 33.2 Å². The molecular weight excluding hydrogens is 528 g/mol. The van der Waals surface area contributed by atoms with Crippen molar-refractivity contribution in [1.29, 1.82) is 0 Å². The van der Waals surface area contributed by atoms with Gasteiger partial charge < -0.3 is 29.0 Å². The Balaban J connectivity index is 1.90. The first kappa shape index (κ1) is 30.9. The molecule has 1 unspecified atom stereocenters. The van der Waals surface area contributed by atoms with Gasteiger partial charge in [0.1, 0.15) is 23.6 Å². The zero-order valence-electron chi connectivity index (χ0n) is 24.6. The molecule has 1 aromatic heterocycles. The highest BCUT2D eigenvalue weighted by Gasteiger charge is 2.31. The molecule has 0 fully saturated rings. The van der Waals surface area contributed by atoms with Crippen LogP contribution >= 0.6 is 0 Å². The fourth-order valence-electron chi connectivity index (χ4n) is 4.72. The van der Waals surface area contributed by atoms with E-state index in [0.29, 0.717) is 11.5 Å². The first-order valence-electron chi connectivity index (χ1n) is 13.0. The van der Waals surface area contributed by atoms with Gasteiger partial charge in [0.15, 0.2) is 11.4 Å². The molecular formula is C31H36N2O8. The maximum atomic E-state index is 13.3. The standard InChI is InChI=1S/C31H36N2O8/c1-17-22(11-9-13-24(17)37-6)27(23-12-10-14-25(38-7)18(23)2)20(4)40-31(36)19(3)33-30(35)28-29(41-21(5)34)26(39-8)15-16-32-28/h9-16,19-20,27H,1-8H3,(H,33,35)/t19-,20?/m0/s1. The predicted octanol–water partition coefficient (Wildman–Crippen LogP) is 4.53. The van der Waals surface area contributed by atoms with Crippen LogP contribution in [0.4, 0.5) is 0 Å². The Morgan fingerprint density at radius 1 is 0.805 bits per heavy atom. The van der Waals surface area contributed by atoms with Crippen molar-refractivity contribution in [2.45, 2.75) is 52.7 Å². The van der Waals surface area contributed by atoms with Crippen molar-refractivity contribution in [1.82, 2.24) is 10.3 Å². The Hall–Kier alpha value is -4.60. The van der Waals surface area contributed by atoms with Gasteiger partial charge in [-0.05, 0) is 62.1 Å². The minimum Gasteiger partial charge on any atom is -0.496 e. The van der Waals surface area contributed by atoms with Gasteiger partial charge in [-0.25, -0.2) is 9.78 Å². The summed E-state index contributed by atoms with van der Waals surface area (Å²) in [5.74, 6) is -0.996. The van der Waals surface area contributed by atoms with Crippen molar-refractivity contribution in [3.63, 3.8) is 0 Å². The van der Waals surface area contributed by atoms with Gasteiger partial charge in [-0.15, -0.1) is 0 Å². The van der Waals surface area contributed by atoms with Crippen molar-refractivity contribution in [2.24, 2.45) is 0 Å². The Morgan fingerprint density at radius 2 is 1.34 bits per heavy atom. The molecule has 0 saturated heterocycles. The van der Waals surface area contributed by atoms with Crippen LogP contribution in [0.3, 0.4) is 0 Å². The molecule has 10 heteroatoms. The monoisotopic (exact) mass is 564 g/mol. The third-order valence-electron chi connectivity index (χ3n) is 6.78. The van der Waals surface area contributed by atoms with Gasteiger partial charge in [-0.1, -0.05) is 24.3 Å². The van der Waals surface area contributed by atoms with E-state index in [2.05, 4.69) is 10.3 Å².